The van der Waals surface area contributed by atoms with Gasteiger partial charge in [0.15, 0.2) is 0 Å². The van der Waals surface area contributed by atoms with E-state index in [1.807, 2.05) is 0 Å². The summed E-state index contributed by atoms with van der Waals surface area (Å²) >= 11 is 0. The summed E-state index contributed by atoms with van der Waals surface area (Å²) in [6.45, 7) is 4.36. The Morgan fingerprint density at radius 3 is 2.21 bits per heavy atom. The molecule has 1 aliphatic carbocycles. The monoisotopic (exact) mass is 196 g/mol. The van der Waals surface area contributed by atoms with E-state index in [0.29, 0.717) is 6.04 Å². The van der Waals surface area contributed by atoms with E-state index in [9.17, 15) is 0 Å². The van der Waals surface area contributed by atoms with E-state index in [1.54, 1.807) is 0 Å². The smallest absolute Gasteiger partial charge is 0.0954 e. The lowest BCUT2D eigenvalue weighted by Crippen LogP contribution is -2.38. The predicted molar refractivity (Wildman–Crippen MR) is 61.8 cm³/mol. The molecule has 0 aromatic heterocycles. The first-order valence-electron chi connectivity index (χ1n) is 5.99. The molecule has 0 heterocycles. The van der Waals surface area contributed by atoms with Gasteiger partial charge < -0.3 is 4.90 Å². The summed E-state index contributed by atoms with van der Waals surface area (Å²) in [6, 6.07) is 0.644. The highest BCUT2D eigenvalue weighted by Gasteiger charge is 2.23. The lowest BCUT2D eigenvalue weighted by molar-refractivity contribution is 0.223. The van der Waals surface area contributed by atoms with E-state index in [4.69, 9.17) is 5.41 Å². The van der Waals surface area contributed by atoms with Crippen LogP contribution in [0.4, 0.5) is 0 Å². The van der Waals surface area contributed by atoms with Crippen LogP contribution >= 0.6 is 0 Å². The number of nitrogens with zero attached hydrogens (tertiary/aromatic N) is 1. The molecule has 0 atom stereocenters. The van der Waals surface area contributed by atoms with Crippen molar-refractivity contribution in [3.63, 3.8) is 0 Å². The lowest BCUT2D eigenvalue weighted by Gasteiger charge is -2.35. The first kappa shape index (κ1) is 11.5. The van der Waals surface area contributed by atoms with Crippen LogP contribution in [0.25, 0.3) is 0 Å². The van der Waals surface area contributed by atoms with Crippen LogP contribution in [0.15, 0.2) is 0 Å². The van der Waals surface area contributed by atoms with E-state index in [2.05, 4.69) is 25.8 Å². The Morgan fingerprint density at radius 2 is 1.79 bits per heavy atom. The first-order chi connectivity index (χ1) is 6.69. The topological polar surface area (TPSA) is 27.1 Å². The minimum atomic E-state index is 0.644. The highest BCUT2D eigenvalue weighted by molar-refractivity contribution is 5.78. The average Bonchev–Trinajstić information content (AvgIpc) is 2.27. The summed E-state index contributed by atoms with van der Waals surface area (Å²) in [7, 11) is 2.09. The second-order valence-electron chi connectivity index (χ2n) is 4.49. The first-order valence-corrected chi connectivity index (χ1v) is 5.99. The SMILES string of the molecule is CCC(=N)N(C)C1CCC(CC)CC1. The Labute approximate surface area is 88.2 Å². The summed E-state index contributed by atoms with van der Waals surface area (Å²) < 4.78 is 0. The van der Waals surface area contributed by atoms with Gasteiger partial charge in [-0.05, 0) is 31.6 Å². The normalized spacial score (nSPS) is 27.4. The Kier molecular flexibility index (Phi) is 4.43. The van der Waals surface area contributed by atoms with E-state index in [1.165, 1.54) is 32.1 Å². The molecule has 82 valence electrons. The van der Waals surface area contributed by atoms with Gasteiger partial charge in [-0.15, -0.1) is 0 Å². The molecule has 0 aromatic carbocycles. The zero-order valence-corrected chi connectivity index (χ0v) is 9.84. The van der Waals surface area contributed by atoms with Crippen molar-refractivity contribution in [2.45, 2.75) is 58.4 Å². The van der Waals surface area contributed by atoms with E-state index in [-0.39, 0.29) is 0 Å². The minimum absolute atomic E-state index is 0.644. The summed E-state index contributed by atoms with van der Waals surface area (Å²) in [4.78, 5) is 2.19. The molecule has 0 aromatic rings. The maximum absolute atomic E-state index is 7.80. The minimum Gasteiger partial charge on any atom is -0.361 e. The fourth-order valence-electron chi connectivity index (χ4n) is 2.41. The zero-order chi connectivity index (χ0) is 10.6. The third kappa shape index (κ3) is 2.73. The van der Waals surface area contributed by atoms with Gasteiger partial charge in [0.2, 0.25) is 0 Å². The Balaban J connectivity index is 2.37. The second-order valence-corrected chi connectivity index (χ2v) is 4.49. The fraction of sp³-hybridized carbons (Fsp3) is 0.917. The van der Waals surface area contributed by atoms with Crippen molar-refractivity contribution >= 4 is 5.84 Å². The number of nitrogens with one attached hydrogen (secondary N) is 1. The van der Waals surface area contributed by atoms with Gasteiger partial charge in [0.1, 0.15) is 0 Å². The molecule has 1 saturated carbocycles. The molecular weight excluding hydrogens is 172 g/mol. The lowest BCUT2D eigenvalue weighted by atomic mass is 9.84. The predicted octanol–water partition coefficient (Wildman–Crippen LogP) is 3.27. The third-order valence-corrected chi connectivity index (χ3v) is 3.70. The highest BCUT2D eigenvalue weighted by Crippen LogP contribution is 2.29. The molecule has 1 fully saturated rings. The van der Waals surface area contributed by atoms with Gasteiger partial charge in [-0.2, -0.15) is 0 Å². The molecule has 0 saturated heterocycles. The largest absolute Gasteiger partial charge is 0.361 e. The molecule has 0 unspecified atom stereocenters. The fourth-order valence-corrected chi connectivity index (χ4v) is 2.41. The van der Waals surface area contributed by atoms with Crippen LogP contribution in [0.1, 0.15) is 52.4 Å². The van der Waals surface area contributed by atoms with Crippen molar-refractivity contribution in [3.8, 4) is 0 Å². The maximum Gasteiger partial charge on any atom is 0.0954 e. The molecule has 1 aliphatic rings. The number of amidine groups is 1. The van der Waals surface area contributed by atoms with Crippen LogP contribution in [-0.4, -0.2) is 23.8 Å². The summed E-state index contributed by atoms with van der Waals surface area (Å²) in [6.07, 6.45) is 7.51. The summed E-state index contributed by atoms with van der Waals surface area (Å²) in [5.74, 6) is 1.75. The molecule has 0 bridgehead atoms. The number of hydrogen-bond donors (Lipinski definition) is 1. The van der Waals surface area contributed by atoms with Gasteiger partial charge in [0.25, 0.3) is 0 Å². The zero-order valence-electron chi connectivity index (χ0n) is 9.84. The van der Waals surface area contributed by atoms with E-state index < -0.39 is 0 Å². The van der Waals surface area contributed by atoms with Crippen molar-refractivity contribution in [3.05, 3.63) is 0 Å². The van der Waals surface area contributed by atoms with Crippen LogP contribution < -0.4 is 0 Å². The molecule has 2 nitrogen and oxygen atoms in total. The average molecular weight is 196 g/mol. The van der Waals surface area contributed by atoms with Crippen molar-refractivity contribution in [2.24, 2.45) is 5.92 Å². The Morgan fingerprint density at radius 1 is 1.21 bits per heavy atom. The molecule has 1 rings (SSSR count). The quantitative estimate of drug-likeness (QED) is 0.544. The standard InChI is InChI=1S/C12H24N2/c1-4-10-6-8-11(9-7-10)14(3)12(13)5-2/h10-11,13H,4-9H2,1-3H3. The van der Waals surface area contributed by atoms with E-state index in [0.717, 1.165) is 18.2 Å². The van der Waals surface area contributed by atoms with E-state index >= 15 is 0 Å². The van der Waals surface area contributed by atoms with Gasteiger partial charge in [-0.25, -0.2) is 0 Å². The Hall–Kier alpha value is -0.530. The van der Waals surface area contributed by atoms with Crippen molar-refractivity contribution < 1.29 is 0 Å². The molecule has 0 spiro atoms. The van der Waals surface area contributed by atoms with Crippen LogP contribution in [-0.2, 0) is 0 Å². The molecule has 14 heavy (non-hydrogen) atoms. The van der Waals surface area contributed by atoms with Crippen molar-refractivity contribution in [1.82, 2.24) is 4.90 Å². The van der Waals surface area contributed by atoms with Crippen LogP contribution in [0.5, 0.6) is 0 Å². The molecule has 0 amide bonds. The Bertz CT molecular complexity index is 181. The van der Waals surface area contributed by atoms with Gasteiger partial charge in [-0.3, -0.25) is 5.41 Å². The third-order valence-electron chi connectivity index (χ3n) is 3.70. The number of rotatable bonds is 3. The highest BCUT2D eigenvalue weighted by atomic mass is 15.2. The summed E-state index contributed by atoms with van der Waals surface area (Å²) in [5.41, 5.74) is 0. The number of hydrogen-bond acceptors (Lipinski definition) is 1. The van der Waals surface area contributed by atoms with Crippen LogP contribution in [0.3, 0.4) is 0 Å². The van der Waals surface area contributed by atoms with Crippen molar-refractivity contribution in [1.29, 1.82) is 5.41 Å². The molecule has 1 N–H and O–H groups in total. The van der Waals surface area contributed by atoms with Gasteiger partial charge in [0.05, 0.1) is 5.84 Å². The van der Waals surface area contributed by atoms with Gasteiger partial charge in [0, 0.05) is 19.5 Å². The summed E-state index contributed by atoms with van der Waals surface area (Å²) in [5, 5.41) is 7.80. The molecular formula is C12H24N2. The van der Waals surface area contributed by atoms with Crippen molar-refractivity contribution in [2.75, 3.05) is 7.05 Å². The van der Waals surface area contributed by atoms with Gasteiger partial charge in [-0.1, -0.05) is 20.3 Å². The van der Waals surface area contributed by atoms with Gasteiger partial charge >= 0.3 is 0 Å². The molecule has 0 aliphatic heterocycles. The molecule has 0 radical (unpaired) electrons. The second kappa shape index (κ2) is 5.38. The van der Waals surface area contributed by atoms with Crippen LogP contribution in [0.2, 0.25) is 0 Å². The molecule has 2 heteroatoms. The van der Waals surface area contributed by atoms with Crippen LogP contribution in [0, 0.1) is 11.3 Å². The maximum atomic E-state index is 7.80.